The Labute approximate surface area is 325 Å². The second-order valence-electron chi connectivity index (χ2n) is 12.2. The van der Waals surface area contributed by atoms with E-state index in [-0.39, 0.29) is 35.9 Å². The molecule has 0 saturated carbocycles. The fraction of sp³-hybridized carbons (Fsp3) is 0.158. The second-order valence-corrected chi connectivity index (χ2v) is 15.4. The van der Waals surface area contributed by atoms with Gasteiger partial charge in [-0.15, -0.1) is 0 Å². The Balaban J connectivity index is 0.000000212. The largest absolute Gasteiger partial charge is 0.475 e. The first-order chi connectivity index (χ1) is 26.2. The third-order valence-corrected chi connectivity index (χ3v) is 9.91. The standard InChI is InChI=1S/C20H22N4O4S.C18H17ClN4O2S/c1-14-3-7-16(8-4-14)18-19(21-13-22-20(18)28-12-11-25)24-29(26,27)23-17-9-5-15(2)6-10-17;1-12-3-7-14(8-4-12)16-17(19)20-11-21-18(16)23-26(24,25)22-15-9-5-13(2)6-10-15/h3-10,13,23,25H,11-12H2,1-2H3,(H,21,22,24);3-11,22H,1-2H3,(H,20,21,23). The van der Waals surface area contributed by atoms with Crippen molar-refractivity contribution >= 4 is 55.0 Å². The summed E-state index contributed by atoms with van der Waals surface area (Å²) in [4.78, 5) is 16.2. The normalized spacial score (nSPS) is 11.2. The van der Waals surface area contributed by atoms with Gasteiger partial charge in [0.15, 0.2) is 11.6 Å². The van der Waals surface area contributed by atoms with Crippen molar-refractivity contribution in [1.29, 1.82) is 0 Å². The monoisotopic (exact) mass is 802 g/mol. The first-order valence-corrected chi connectivity index (χ1v) is 20.0. The topological polar surface area (TPSA) is 197 Å². The summed E-state index contributed by atoms with van der Waals surface area (Å²) in [5, 5.41) is 9.24. The van der Waals surface area contributed by atoms with Crippen LogP contribution in [-0.2, 0) is 20.4 Å². The van der Waals surface area contributed by atoms with Crippen molar-refractivity contribution in [1.82, 2.24) is 19.9 Å². The summed E-state index contributed by atoms with van der Waals surface area (Å²) >= 11 is 6.20. The molecule has 0 fully saturated rings. The average Bonchev–Trinajstić information content (AvgIpc) is 3.14. The number of anilines is 4. The first-order valence-electron chi connectivity index (χ1n) is 16.7. The van der Waals surface area contributed by atoms with Crippen molar-refractivity contribution in [2.24, 2.45) is 0 Å². The highest BCUT2D eigenvalue weighted by Gasteiger charge is 2.21. The highest BCUT2D eigenvalue weighted by atomic mass is 35.5. The molecule has 0 bridgehead atoms. The number of hydrogen-bond acceptors (Lipinski definition) is 10. The maximum Gasteiger partial charge on any atom is 0.322 e. The van der Waals surface area contributed by atoms with Crippen LogP contribution in [0.2, 0.25) is 5.15 Å². The lowest BCUT2D eigenvalue weighted by atomic mass is 10.1. The molecule has 0 aliphatic rings. The minimum atomic E-state index is -3.97. The smallest absolute Gasteiger partial charge is 0.322 e. The zero-order chi connectivity index (χ0) is 39.6. The van der Waals surface area contributed by atoms with Crippen LogP contribution in [0, 0.1) is 27.7 Å². The van der Waals surface area contributed by atoms with E-state index in [1.54, 1.807) is 36.4 Å². The van der Waals surface area contributed by atoms with E-state index < -0.39 is 20.4 Å². The van der Waals surface area contributed by atoms with Crippen LogP contribution in [0.4, 0.5) is 23.0 Å². The van der Waals surface area contributed by atoms with Crippen LogP contribution in [0.1, 0.15) is 22.3 Å². The van der Waals surface area contributed by atoms with Gasteiger partial charge in [0.2, 0.25) is 5.88 Å². The third-order valence-electron chi connectivity index (χ3n) is 7.69. The molecule has 55 heavy (non-hydrogen) atoms. The lowest BCUT2D eigenvalue weighted by Crippen LogP contribution is -2.23. The number of aromatic nitrogens is 4. The minimum Gasteiger partial charge on any atom is -0.475 e. The van der Waals surface area contributed by atoms with Gasteiger partial charge in [-0.05, 0) is 63.1 Å². The van der Waals surface area contributed by atoms with Gasteiger partial charge in [0.1, 0.15) is 24.4 Å². The summed E-state index contributed by atoms with van der Waals surface area (Å²) in [6.07, 6.45) is 2.41. The zero-order valence-electron chi connectivity index (χ0n) is 30.3. The molecule has 6 aromatic rings. The average molecular weight is 803 g/mol. The molecule has 2 heterocycles. The Bertz CT molecular complexity index is 2440. The number of aliphatic hydroxyl groups is 1. The number of nitrogens with one attached hydrogen (secondary N) is 4. The molecule has 0 aliphatic heterocycles. The number of halogens is 1. The van der Waals surface area contributed by atoms with Gasteiger partial charge in [0.05, 0.1) is 29.1 Å². The zero-order valence-corrected chi connectivity index (χ0v) is 32.7. The molecule has 17 heteroatoms. The SMILES string of the molecule is Cc1ccc(NS(=O)(=O)Nc2ncnc(Cl)c2-c2ccc(C)cc2)cc1.Cc1ccc(NS(=O)(=O)Nc2ncnc(OCCO)c2-c2ccc(C)cc2)cc1. The van der Waals surface area contributed by atoms with Gasteiger partial charge in [-0.3, -0.25) is 9.44 Å². The van der Waals surface area contributed by atoms with E-state index in [1.165, 1.54) is 12.7 Å². The fourth-order valence-corrected chi connectivity index (χ4v) is 7.01. The molecule has 5 N–H and O–H groups in total. The summed E-state index contributed by atoms with van der Waals surface area (Å²) in [5.74, 6) is 0.343. The number of ether oxygens (including phenoxy) is 1. The molecule has 0 atom stereocenters. The predicted molar refractivity (Wildman–Crippen MR) is 217 cm³/mol. The van der Waals surface area contributed by atoms with Crippen molar-refractivity contribution in [2.75, 3.05) is 32.1 Å². The molecular weight excluding hydrogens is 764 g/mol. The number of hydrogen-bond donors (Lipinski definition) is 5. The van der Waals surface area contributed by atoms with Crippen LogP contribution < -0.4 is 23.6 Å². The van der Waals surface area contributed by atoms with Gasteiger partial charge in [0.25, 0.3) is 0 Å². The molecule has 0 amide bonds. The van der Waals surface area contributed by atoms with Crippen LogP contribution in [-0.4, -0.2) is 55.1 Å². The van der Waals surface area contributed by atoms with Crippen LogP contribution in [0.15, 0.2) is 110 Å². The maximum absolute atomic E-state index is 12.7. The molecule has 4 aromatic carbocycles. The molecule has 0 radical (unpaired) electrons. The van der Waals surface area contributed by atoms with E-state index in [2.05, 4.69) is 38.8 Å². The van der Waals surface area contributed by atoms with Crippen LogP contribution in [0.5, 0.6) is 5.88 Å². The second kappa shape index (κ2) is 18.0. The summed E-state index contributed by atoms with van der Waals surface area (Å²) in [6, 6.07) is 28.9. The van der Waals surface area contributed by atoms with E-state index in [9.17, 15) is 16.8 Å². The molecular formula is C38H39ClN8O6S2. The maximum atomic E-state index is 12.7. The summed E-state index contributed by atoms with van der Waals surface area (Å²) in [7, 11) is -7.88. The van der Waals surface area contributed by atoms with E-state index in [4.69, 9.17) is 21.4 Å². The first kappa shape index (κ1) is 40.4. The van der Waals surface area contributed by atoms with E-state index in [0.717, 1.165) is 22.3 Å². The third kappa shape index (κ3) is 11.6. The summed E-state index contributed by atoms with van der Waals surface area (Å²) < 4.78 is 65.6. The Kier molecular flexibility index (Phi) is 13.2. The molecule has 0 unspecified atom stereocenters. The Morgan fingerprint density at radius 3 is 1.36 bits per heavy atom. The molecule has 0 saturated heterocycles. The van der Waals surface area contributed by atoms with Gasteiger partial charge in [-0.2, -0.15) is 16.8 Å². The Morgan fingerprint density at radius 1 is 0.545 bits per heavy atom. The number of aliphatic hydroxyl groups excluding tert-OH is 1. The summed E-state index contributed by atoms with van der Waals surface area (Å²) in [6.45, 7) is 7.56. The molecule has 14 nitrogen and oxygen atoms in total. The lowest BCUT2D eigenvalue weighted by molar-refractivity contribution is 0.197. The summed E-state index contributed by atoms with van der Waals surface area (Å²) in [5.41, 5.74) is 7.24. The van der Waals surface area contributed by atoms with E-state index in [1.807, 2.05) is 88.4 Å². The van der Waals surface area contributed by atoms with Crippen molar-refractivity contribution < 1.29 is 26.7 Å². The molecule has 0 spiro atoms. The van der Waals surface area contributed by atoms with Gasteiger partial charge in [-0.1, -0.05) is 107 Å². The fourth-order valence-electron chi connectivity index (χ4n) is 4.96. The molecule has 2 aromatic heterocycles. The van der Waals surface area contributed by atoms with Crippen molar-refractivity contribution in [3.63, 3.8) is 0 Å². The highest BCUT2D eigenvalue weighted by molar-refractivity contribution is 7.94. The van der Waals surface area contributed by atoms with Gasteiger partial charge >= 0.3 is 20.4 Å². The van der Waals surface area contributed by atoms with Crippen LogP contribution in [0.3, 0.4) is 0 Å². The Morgan fingerprint density at radius 2 is 0.927 bits per heavy atom. The molecule has 6 rings (SSSR count). The number of rotatable bonds is 13. The minimum absolute atomic E-state index is 0.0175. The van der Waals surface area contributed by atoms with Gasteiger partial charge in [0, 0.05) is 0 Å². The molecule has 286 valence electrons. The quantitative estimate of drug-likeness (QED) is 0.0753. The molecule has 0 aliphatic carbocycles. The predicted octanol–water partition coefficient (Wildman–Crippen LogP) is 7.08. The van der Waals surface area contributed by atoms with Crippen molar-refractivity contribution in [3.05, 3.63) is 137 Å². The van der Waals surface area contributed by atoms with Gasteiger partial charge in [-0.25, -0.2) is 29.4 Å². The number of nitrogens with zero attached hydrogens (tertiary/aromatic N) is 4. The number of aryl methyl sites for hydroxylation is 4. The van der Waals surface area contributed by atoms with Gasteiger partial charge < -0.3 is 9.84 Å². The number of benzene rings is 4. The van der Waals surface area contributed by atoms with E-state index in [0.29, 0.717) is 33.6 Å². The van der Waals surface area contributed by atoms with Crippen LogP contribution >= 0.6 is 11.6 Å². The lowest BCUT2D eigenvalue weighted by Gasteiger charge is -2.16. The van der Waals surface area contributed by atoms with Crippen molar-refractivity contribution in [2.45, 2.75) is 27.7 Å². The van der Waals surface area contributed by atoms with Crippen molar-refractivity contribution in [3.8, 4) is 28.1 Å². The Hall–Kier alpha value is -5.81. The van der Waals surface area contributed by atoms with E-state index >= 15 is 0 Å². The van der Waals surface area contributed by atoms with Crippen LogP contribution in [0.25, 0.3) is 22.3 Å². The highest BCUT2D eigenvalue weighted by Crippen LogP contribution is 2.35.